The standard InChI is InChI=1S/C14H18N4O4S/c1-9(2)14-15-7-11(17-14)8-16-23(21,22)13-6-12(18(19)20)5-4-10(13)3/h4-7,9,16H,8H2,1-3H3,(H,15,17). The molecule has 0 aliphatic carbocycles. The number of H-pyrrole nitrogens is 1. The predicted octanol–water partition coefficient (Wildman–Crippen LogP) is 2.23. The number of non-ortho nitro benzene ring substituents is 1. The second-order valence-corrected chi connectivity index (χ2v) is 7.22. The Hall–Kier alpha value is -2.26. The lowest BCUT2D eigenvalue weighted by Crippen LogP contribution is -2.24. The SMILES string of the molecule is Cc1ccc([N+](=O)[O-])cc1S(=O)(=O)NCc1cnc(C(C)C)[nH]1. The molecule has 0 amide bonds. The highest BCUT2D eigenvalue weighted by atomic mass is 32.2. The Morgan fingerprint density at radius 1 is 1.39 bits per heavy atom. The van der Waals surface area contributed by atoms with E-state index in [1.807, 2.05) is 13.8 Å². The second kappa shape index (κ2) is 6.47. The van der Waals surface area contributed by atoms with E-state index >= 15 is 0 Å². The van der Waals surface area contributed by atoms with Crippen LogP contribution in [0.5, 0.6) is 0 Å². The molecular formula is C14H18N4O4S. The van der Waals surface area contributed by atoms with Gasteiger partial charge in [0.05, 0.1) is 16.4 Å². The van der Waals surface area contributed by atoms with Crippen LogP contribution in [0, 0.1) is 17.0 Å². The molecule has 0 spiro atoms. The molecule has 0 saturated heterocycles. The van der Waals surface area contributed by atoms with Gasteiger partial charge in [0.25, 0.3) is 5.69 Å². The van der Waals surface area contributed by atoms with Crippen molar-refractivity contribution < 1.29 is 13.3 Å². The molecule has 0 unspecified atom stereocenters. The molecule has 2 rings (SSSR count). The fraction of sp³-hybridized carbons (Fsp3) is 0.357. The fourth-order valence-corrected chi connectivity index (χ4v) is 3.27. The molecule has 0 aliphatic heterocycles. The smallest absolute Gasteiger partial charge is 0.270 e. The zero-order valence-electron chi connectivity index (χ0n) is 13.0. The lowest BCUT2D eigenvalue weighted by Gasteiger charge is -2.08. The molecule has 1 aromatic carbocycles. The maximum absolute atomic E-state index is 12.4. The zero-order chi connectivity index (χ0) is 17.2. The summed E-state index contributed by atoms with van der Waals surface area (Å²) in [5.74, 6) is 0.977. The van der Waals surface area contributed by atoms with Crippen LogP contribution in [0.4, 0.5) is 5.69 Å². The molecule has 0 bridgehead atoms. The first-order valence-corrected chi connectivity index (χ1v) is 8.47. The third kappa shape index (κ3) is 3.93. The van der Waals surface area contributed by atoms with Crippen LogP contribution in [-0.2, 0) is 16.6 Å². The van der Waals surface area contributed by atoms with Gasteiger partial charge in [-0.3, -0.25) is 10.1 Å². The number of sulfonamides is 1. The molecule has 23 heavy (non-hydrogen) atoms. The second-order valence-electron chi connectivity index (χ2n) is 5.48. The lowest BCUT2D eigenvalue weighted by molar-refractivity contribution is -0.385. The number of nitro benzene ring substituents is 1. The number of aromatic amines is 1. The first kappa shape index (κ1) is 17.1. The van der Waals surface area contributed by atoms with Crippen molar-refractivity contribution in [2.45, 2.75) is 38.1 Å². The van der Waals surface area contributed by atoms with Crippen LogP contribution in [0.1, 0.15) is 36.8 Å². The summed E-state index contributed by atoms with van der Waals surface area (Å²) in [5, 5.41) is 10.8. The minimum Gasteiger partial charge on any atom is -0.345 e. The van der Waals surface area contributed by atoms with E-state index in [9.17, 15) is 18.5 Å². The summed E-state index contributed by atoms with van der Waals surface area (Å²) in [6.45, 7) is 5.56. The van der Waals surface area contributed by atoms with Gasteiger partial charge in [-0.05, 0) is 12.5 Å². The van der Waals surface area contributed by atoms with Crippen LogP contribution < -0.4 is 4.72 Å². The summed E-state index contributed by atoms with van der Waals surface area (Å²) in [6.07, 6.45) is 1.57. The van der Waals surface area contributed by atoms with Gasteiger partial charge in [-0.1, -0.05) is 19.9 Å². The molecule has 0 fully saturated rings. The van der Waals surface area contributed by atoms with E-state index < -0.39 is 14.9 Å². The van der Waals surface area contributed by atoms with E-state index in [4.69, 9.17) is 0 Å². The van der Waals surface area contributed by atoms with Gasteiger partial charge in [0, 0.05) is 29.9 Å². The molecule has 0 aliphatic rings. The van der Waals surface area contributed by atoms with Gasteiger partial charge in [0.2, 0.25) is 10.0 Å². The van der Waals surface area contributed by atoms with E-state index in [0.29, 0.717) is 11.3 Å². The molecule has 1 aromatic heterocycles. The summed E-state index contributed by atoms with van der Waals surface area (Å²) in [7, 11) is -3.86. The van der Waals surface area contributed by atoms with E-state index in [1.54, 1.807) is 13.1 Å². The molecule has 124 valence electrons. The predicted molar refractivity (Wildman–Crippen MR) is 84.5 cm³/mol. The van der Waals surface area contributed by atoms with Gasteiger partial charge in [-0.2, -0.15) is 0 Å². The molecule has 2 N–H and O–H groups in total. The van der Waals surface area contributed by atoms with Crippen LogP contribution in [0.3, 0.4) is 0 Å². The van der Waals surface area contributed by atoms with E-state index in [1.165, 1.54) is 12.1 Å². The number of nitrogens with one attached hydrogen (secondary N) is 2. The van der Waals surface area contributed by atoms with Crippen molar-refractivity contribution in [3.05, 3.63) is 51.6 Å². The van der Waals surface area contributed by atoms with Gasteiger partial charge in [0.15, 0.2) is 0 Å². The maximum atomic E-state index is 12.4. The summed E-state index contributed by atoms with van der Waals surface area (Å²) in [6, 6.07) is 3.75. The third-order valence-electron chi connectivity index (χ3n) is 3.32. The number of nitro groups is 1. The maximum Gasteiger partial charge on any atom is 0.270 e. The van der Waals surface area contributed by atoms with Crippen molar-refractivity contribution in [3.8, 4) is 0 Å². The van der Waals surface area contributed by atoms with Gasteiger partial charge in [-0.15, -0.1) is 0 Å². The fourth-order valence-electron chi connectivity index (χ4n) is 2.00. The topological polar surface area (TPSA) is 118 Å². The molecule has 0 radical (unpaired) electrons. The number of hydrogen-bond acceptors (Lipinski definition) is 5. The molecule has 2 aromatic rings. The Balaban J connectivity index is 2.21. The van der Waals surface area contributed by atoms with E-state index in [-0.39, 0.29) is 23.0 Å². The highest BCUT2D eigenvalue weighted by molar-refractivity contribution is 7.89. The Labute approximate surface area is 134 Å². The molecule has 8 nitrogen and oxygen atoms in total. The molecule has 9 heteroatoms. The van der Waals surface area contributed by atoms with Crippen molar-refractivity contribution >= 4 is 15.7 Å². The number of hydrogen-bond donors (Lipinski definition) is 2. The van der Waals surface area contributed by atoms with Crippen molar-refractivity contribution in [1.29, 1.82) is 0 Å². The third-order valence-corrected chi connectivity index (χ3v) is 4.86. The first-order valence-electron chi connectivity index (χ1n) is 6.99. The Morgan fingerprint density at radius 3 is 2.65 bits per heavy atom. The average Bonchev–Trinajstić information content (AvgIpc) is 2.94. The number of nitrogens with zero attached hydrogens (tertiary/aromatic N) is 2. The van der Waals surface area contributed by atoms with Gasteiger partial charge < -0.3 is 4.98 Å². The minimum absolute atomic E-state index is 0.0319. The van der Waals surface area contributed by atoms with Crippen LogP contribution in [0.2, 0.25) is 0 Å². The normalized spacial score (nSPS) is 11.8. The monoisotopic (exact) mass is 338 g/mol. The van der Waals surface area contributed by atoms with E-state index in [2.05, 4.69) is 14.7 Å². The highest BCUT2D eigenvalue weighted by Gasteiger charge is 2.20. The molecule has 0 atom stereocenters. The molecule has 0 saturated carbocycles. The van der Waals surface area contributed by atoms with Gasteiger partial charge >= 0.3 is 0 Å². The summed E-state index contributed by atoms with van der Waals surface area (Å²) < 4.78 is 27.2. The van der Waals surface area contributed by atoms with Crippen molar-refractivity contribution in [1.82, 2.24) is 14.7 Å². The van der Waals surface area contributed by atoms with Crippen molar-refractivity contribution in [3.63, 3.8) is 0 Å². The number of aromatic nitrogens is 2. The lowest BCUT2D eigenvalue weighted by atomic mass is 10.2. The summed E-state index contributed by atoms with van der Waals surface area (Å²) >= 11 is 0. The average molecular weight is 338 g/mol. The molecular weight excluding hydrogens is 320 g/mol. The number of imidazole rings is 1. The van der Waals surface area contributed by atoms with Crippen LogP contribution in [0.25, 0.3) is 0 Å². The van der Waals surface area contributed by atoms with Crippen molar-refractivity contribution in [2.75, 3.05) is 0 Å². The minimum atomic E-state index is -3.86. The van der Waals surface area contributed by atoms with Crippen molar-refractivity contribution in [2.24, 2.45) is 0 Å². The van der Waals surface area contributed by atoms with Crippen LogP contribution in [-0.4, -0.2) is 23.3 Å². The Bertz CT molecular complexity index is 827. The summed E-state index contributed by atoms with van der Waals surface area (Å²) in [4.78, 5) is 17.3. The largest absolute Gasteiger partial charge is 0.345 e. The zero-order valence-corrected chi connectivity index (χ0v) is 13.8. The molecule has 1 heterocycles. The van der Waals surface area contributed by atoms with Crippen LogP contribution in [0.15, 0.2) is 29.3 Å². The van der Waals surface area contributed by atoms with Crippen LogP contribution >= 0.6 is 0 Å². The Kier molecular flexibility index (Phi) is 4.81. The first-order chi connectivity index (χ1) is 10.7. The number of rotatable bonds is 6. The van der Waals surface area contributed by atoms with E-state index in [0.717, 1.165) is 11.9 Å². The quantitative estimate of drug-likeness (QED) is 0.618. The number of benzene rings is 1. The summed E-state index contributed by atoms with van der Waals surface area (Å²) in [5.41, 5.74) is 0.801. The van der Waals surface area contributed by atoms with Gasteiger partial charge in [-0.25, -0.2) is 18.1 Å². The number of aryl methyl sites for hydroxylation is 1. The highest BCUT2D eigenvalue weighted by Crippen LogP contribution is 2.21. The Morgan fingerprint density at radius 2 is 2.09 bits per heavy atom. The van der Waals surface area contributed by atoms with Gasteiger partial charge in [0.1, 0.15) is 5.82 Å².